The monoisotopic (exact) mass is 265 g/mol. The average Bonchev–Trinajstić information content (AvgIpc) is 2.24. The van der Waals surface area contributed by atoms with Gasteiger partial charge in [-0.1, -0.05) is 26.7 Å². The minimum Gasteiger partial charge on any atom is -0.378 e. The lowest BCUT2D eigenvalue weighted by molar-refractivity contribution is -0.175. The lowest BCUT2D eigenvalue weighted by atomic mass is 9.50. The van der Waals surface area contributed by atoms with Crippen LogP contribution in [0.5, 0.6) is 0 Å². The lowest BCUT2D eigenvalue weighted by Gasteiger charge is -2.62. The number of hydrogen-bond acceptors (Lipinski definition) is 2. The maximum absolute atomic E-state index is 5.96. The van der Waals surface area contributed by atoms with Gasteiger partial charge in [-0.2, -0.15) is 0 Å². The third-order valence-corrected chi connectivity index (χ3v) is 6.08. The second kappa shape index (κ2) is 5.04. The molecule has 0 aliphatic heterocycles. The summed E-state index contributed by atoms with van der Waals surface area (Å²) < 4.78 is 5.96. The Morgan fingerprint density at radius 2 is 1.95 bits per heavy atom. The van der Waals surface area contributed by atoms with Crippen LogP contribution in [0.1, 0.15) is 72.1 Å². The average molecular weight is 265 g/mol. The Balaban J connectivity index is 1.56. The highest BCUT2D eigenvalue weighted by molar-refractivity contribution is 5.12. The molecule has 3 unspecified atom stereocenters. The first kappa shape index (κ1) is 13.9. The summed E-state index contributed by atoms with van der Waals surface area (Å²) in [4.78, 5) is 0. The summed E-state index contributed by atoms with van der Waals surface area (Å²) in [6.07, 6.45) is 11.6. The molecule has 3 fully saturated rings. The topological polar surface area (TPSA) is 21.3 Å². The summed E-state index contributed by atoms with van der Waals surface area (Å²) in [5.74, 6) is 0. The van der Waals surface area contributed by atoms with Crippen LogP contribution >= 0.6 is 0 Å². The third kappa shape index (κ3) is 2.47. The molecular formula is C17H31NO. The molecule has 0 aromatic carbocycles. The van der Waals surface area contributed by atoms with E-state index in [-0.39, 0.29) is 0 Å². The van der Waals surface area contributed by atoms with Crippen LogP contribution in [0, 0.1) is 10.8 Å². The Labute approximate surface area is 118 Å². The molecule has 0 radical (unpaired) electrons. The number of rotatable bonds is 4. The summed E-state index contributed by atoms with van der Waals surface area (Å²) in [6, 6.07) is 1.51. The van der Waals surface area contributed by atoms with Crippen molar-refractivity contribution in [2.24, 2.45) is 10.8 Å². The third-order valence-electron chi connectivity index (χ3n) is 6.08. The molecule has 2 heteroatoms. The fourth-order valence-electron chi connectivity index (χ4n) is 4.80. The van der Waals surface area contributed by atoms with Crippen LogP contribution in [0.2, 0.25) is 0 Å². The predicted molar refractivity (Wildman–Crippen MR) is 79.3 cm³/mol. The van der Waals surface area contributed by atoms with Gasteiger partial charge in [-0.15, -0.1) is 0 Å². The van der Waals surface area contributed by atoms with Crippen LogP contribution in [-0.2, 0) is 4.74 Å². The van der Waals surface area contributed by atoms with Crippen molar-refractivity contribution in [2.45, 2.75) is 90.3 Å². The highest BCUT2D eigenvalue weighted by atomic mass is 16.5. The first-order valence-electron chi connectivity index (χ1n) is 8.43. The Morgan fingerprint density at radius 3 is 2.53 bits per heavy atom. The van der Waals surface area contributed by atoms with E-state index in [1.807, 2.05) is 0 Å². The van der Waals surface area contributed by atoms with E-state index in [2.05, 4.69) is 26.1 Å². The van der Waals surface area contributed by atoms with Gasteiger partial charge in [-0.25, -0.2) is 0 Å². The first-order valence-corrected chi connectivity index (χ1v) is 8.43. The standard InChI is InChI=1S/C17H31NO/c1-4-19-15-11-14(17(15)9-6-10-17)18-13-7-5-8-16(2,3)12-13/h13-15,18H,4-12H2,1-3H3. The number of nitrogens with one attached hydrogen (secondary N) is 1. The van der Waals surface area contributed by atoms with Crippen molar-refractivity contribution in [1.29, 1.82) is 0 Å². The Kier molecular flexibility index (Phi) is 3.68. The SMILES string of the molecule is CCOC1CC(NC2CCCC(C)(C)C2)C12CCC2. The van der Waals surface area contributed by atoms with E-state index in [0.717, 1.165) is 18.7 Å². The van der Waals surface area contributed by atoms with Crippen LogP contribution in [-0.4, -0.2) is 24.8 Å². The molecule has 3 aliphatic carbocycles. The molecule has 1 spiro atoms. The van der Waals surface area contributed by atoms with Crippen LogP contribution in [0.25, 0.3) is 0 Å². The fraction of sp³-hybridized carbons (Fsp3) is 1.00. The van der Waals surface area contributed by atoms with E-state index in [1.54, 1.807) is 0 Å². The van der Waals surface area contributed by atoms with Crippen LogP contribution in [0.4, 0.5) is 0 Å². The van der Waals surface area contributed by atoms with Gasteiger partial charge in [0.2, 0.25) is 0 Å². The van der Waals surface area contributed by atoms with E-state index in [0.29, 0.717) is 16.9 Å². The minimum atomic E-state index is 0.525. The molecule has 1 N–H and O–H groups in total. The number of hydrogen-bond donors (Lipinski definition) is 1. The molecule has 0 amide bonds. The van der Waals surface area contributed by atoms with Crippen molar-refractivity contribution in [3.05, 3.63) is 0 Å². The normalized spacial score (nSPS) is 39.6. The molecule has 3 atom stereocenters. The second-order valence-corrected chi connectivity index (χ2v) is 7.94. The molecule has 0 heterocycles. The van der Waals surface area contributed by atoms with E-state index in [1.165, 1.54) is 51.4 Å². The van der Waals surface area contributed by atoms with Gasteiger partial charge in [0.05, 0.1) is 6.10 Å². The summed E-state index contributed by atoms with van der Waals surface area (Å²) in [6.45, 7) is 7.89. The van der Waals surface area contributed by atoms with Gasteiger partial charge < -0.3 is 10.1 Å². The second-order valence-electron chi connectivity index (χ2n) is 7.94. The van der Waals surface area contributed by atoms with Gasteiger partial charge >= 0.3 is 0 Å². The van der Waals surface area contributed by atoms with Gasteiger partial charge in [0.15, 0.2) is 0 Å². The molecule has 0 saturated heterocycles. The van der Waals surface area contributed by atoms with E-state index >= 15 is 0 Å². The molecule has 19 heavy (non-hydrogen) atoms. The molecule has 3 saturated carbocycles. The van der Waals surface area contributed by atoms with Gasteiger partial charge in [0, 0.05) is 24.1 Å². The highest BCUT2D eigenvalue weighted by Gasteiger charge is 2.59. The van der Waals surface area contributed by atoms with Crippen molar-refractivity contribution >= 4 is 0 Å². The van der Waals surface area contributed by atoms with Gasteiger partial charge in [-0.05, 0) is 50.9 Å². The molecule has 3 aliphatic rings. The molecule has 0 aromatic heterocycles. The zero-order chi connectivity index (χ0) is 13.5. The van der Waals surface area contributed by atoms with Crippen molar-refractivity contribution in [1.82, 2.24) is 5.32 Å². The maximum atomic E-state index is 5.96. The quantitative estimate of drug-likeness (QED) is 0.832. The Morgan fingerprint density at radius 1 is 1.16 bits per heavy atom. The first-order chi connectivity index (χ1) is 9.06. The Hall–Kier alpha value is -0.0800. The smallest absolute Gasteiger partial charge is 0.0661 e. The van der Waals surface area contributed by atoms with Crippen molar-refractivity contribution in [2.75, 3.05) is 6.61 Å². The molecule has 0 aromatic rings. The summed E-state index contributed by atoms with van der Waals surface area (Å²) in [5.41, 5.74) is 1.07. The largest absolute Gasteiger partial charge is 0.378 e. The van der Waals surface area contributed by atoms with E-state index < -0.39 is 0 Å². The molecule has 3 rings (SSSR count). The van der Waals surface area contributed by atoms with Crippen LogP contribution in [0.3, 0.4) is 0 Å². The summed E-state index contributed by atoms with van der Waals surface area (Å²) in [7, 11) is 0. The van der Waals surface area contributed by atoms with Crippen molar-refractivity contribution < 1.29 is 4.74 Å². The molecule has 0 bridgehead atoms. The zero-order valence-corrected chi connectivity index (χ0v) is 13.0. The van der Waals surface area contributed by atoms with Crippen molar-refractivity contribution in [3.63, 3.8) is 0 Å². The van der Waals surface area contributed by atoms with Crippen LogP contribution in [0.15, 0.2) is 0 Å². The maximum Gasteiger partial charge on any atom is 0.0661 e. The molecule has 110 valence electrons. The summed E-state index contributed by atoms with van der Waals surface area (Å²) >= 11 is 0. The van der Waals surface area contributed by atoms with E-state index in [4.69, 9.17) is 4.74 Å². The molecule has 2 nitrogen and oxygen atoms in total. The van der Waals surface area contributed by atoms with Gasteiger partial charge in [0.25, 0.3) is 0 Å². The van der Waals surface area contributed by atoms with Gasteiger partial charge in [0.1, 0.15) is 0 Å². The lowest BCUT2D eigenvalue weighted by Crippen LogP contribution is -2.68. The zero-order valence-electron chi connectivity index (χ0n) is 13.0. The fourth-order valence-corrected chi connectivity index (χ4v) is 4.80. The van der Waals surface area contributed by atoms with Gasteiger partial charge in [-0.3, -0.25) is 0 Å². The van der Waals surface area contributed by atoms with E-state index in [9.17, 15) is 0 Å². The van der Waals surface area contributed by atoms with Crippen LogP contribution < -0.4 is 5.32 Å². The molecular weight excluding hydrogens is 234 g/mol. The predicted octanol–water partition coefficient (Wildman–Crippen LogP) is 3.89. The van der Waals surface area contributed by atoms with Crippen molar-refractivity contribution in [3.8, 4) is 0 Å². The Bertz CT molecular complexity index is 321. The summed E-state index contributed by atoms with van der Waals surface area (Å²) in [5, 5.41) is 4.01. The minimum absolute atomic E-state index is 0.525. The highest BCUT2D eigenvalue weighted by Crippen LogP contribution is 2.57. The number of ether oxygens (including phenoxy) is 1.